The molecule has 1 aliphatic rings. The topological polar surface area (TPSA) is 92.5 Å². The largest absolute Gasteiger partial charge is 0.449 e. The lowest BCUT2D eigenvalue weighted by molar-refractivity contribution is -0.138. The lowest BCUT2D eigenvalue weighted by Crippen LogP contribution is -2.37. The Bertz CT molecular complexity index is 749. The minimum absolute atomic E-state index is 0.159. The Labute approximate surface area is 126 Å². The molecule has 0 aromatic carbocycles. The normalized spacial score (nSPS) is 14.9. The van der Waals surface area contributed by atoms with E-state index in [2.05, 4.69) is 10.3 Å². The Morgan fingerprint density at radius 2 is 2.05 bits per heavy atom. The van der Waals surface area contributed by atoms with Crippen LogP contribution in [0.2, 0.25) is 0 Å². The highest BCUT2D eigenvalue weighted by atomic mass is 16.3. The fourth-order valence-corrected chi connectivity index (χ4v) is 2.38. The number of hydrogen-bond acceptors (Lipinski definition) is 5. The molecule has 0 atom stereocenters. The summed E-state index contributed by atoms with van der Waals surface area (Å²) >= 11 is 0. The zero-order chi connectivity index (χ0) is 15.7. The Morgan fingerprint density at radius 3 is 2.77 bits per heavy atom. The van der Waals surface area contributed by atoms with Crippen LogP contribution in [-0.4, -0.2) is 40.7 Å². The van der Waals surface area contributed by atoms with Crippen LogP contribution in [0.5, 0.6) is 0 Å². The maximum absolute atomic E-state index is 12.0. The fourth-order valence-electron chi connectivity index (χ4n) is 2.38. The van der Waals surface area contributed by atoms with Gasteiger partial charge in [-0.1, -0.05) is 0 Å². The van der Waals surface area contributed by atoms with Gasteiger partial charge in [0.15, 0.2) is 11.3 Å². The number of nitrogens with one attached hydrogen (secondary N) is 1. The van der Waals surface area contributed by atoms with Crippen LogP contribution in [0.15, 0.2) is 22.6 Å². The molecule has 0 unspecified atom stereocenters. The first-order valence-corrected chi connectivity index (χ1v) is 7.03. The Kier molecular flexibility index (Phi) is 3.62. The molecule has 1 aliphatic heterocycles. The highest BCUT2D eigenvalue weighted by Gasteiger charge is 2.28. The number of likely N-dealkylation sites (tertiary alicyclic amines) is 1. The van der Waals surface area contributed by atoms with Crippen LogP contribution < -0.4 is 5.32 Å². The molecule has 0 bridgehead atoms. The molecule has 0 aliphatic carbocycles. The molecule has 7 heteroatoms. The Balaban J connectivity index is 1.61. The second-order valence-corrected chi connectivity index (χ2v) is 5.14. The van der Waals surface area contributed by atoms with Gasteiger partial charge in [-0.3, -0.25) is 19.3 Å². The van der Waals surface area contributed by atoms with Crippen molar-refractivity contribution in [2.75, 3.05) is 13.1 Å². The predicted molar refractivity (Wildman–Crippen MR) is 77.0 cm³/mol. The molecule has 3 rings (SSSR count). The number of aryl methyl sites for hydroxylation is 1. The third-order valence-corrected chi connectivity index (χ3v) is 3.51. The third kappa shape index (κ3) is 2.69. The van der Waals surface area contributed by atoms with Crippen molar-refractivity contribution in [1.29, 1.82) is 0 Å². The second-order valence-electron chi connectivity index (χ2n) is 5.14. The molecular weight excluding hydrogens is 286 g/mol. The Morgan fingerprint density at radius 1 is 1.32 bits per heavy atom. The van der Waals surface area contributed by atoms with Gasteiger partial charge in [0.05, 0.1) is 0 Å². The average molecular weight is 301 g/mol. The van der Waals surface area contributed by atoms with Crippen LogP contribution in [0, 0.1) is 6.92 Å². The van der Waals surface area contributed by atoms with Crippen LogP contribution in [0.3, 0.4) is 0 Å². The molecule has 2 aromatic heterocycles. The first-order chi connectivity index (χ1) is 10.5. The van der Waals surface area contributed by atoms with Gasteiger partial charge in [-0.2, -0.15) is 0 Å². The zero-order valence-electron chi connectivity index (χ0n) is 12.1. The van der Waals surface area contributed by atoms with E-state index in [0.29, 0.717) is 11.1 Å². The van der Waals surface area contributed by atoms with Crippen LogP contribution in [0.1, 0.15) is 29.1 Å². The van der Waals surface area contributed by atoms with Gasteiger partial charge in [-0.25, -0.2) is 4.98 Å². The first kappa shape index (κ1) is 14.2. The van der Waals surface area contributed by atoms with Crippen molar-refractivity contribution in [1.82, 2.24) is 15.2 Å². The number of imide groups is 1. The van der Waals surface area contributed by atoms with E-state index in [-0.39, 0.29) is 43.5 Å². The first-order valence-electron chi connectivity index (χ1n) is 7.03. The number of fused-ring (bicyclic) bond motifs is 1. The SMILES string of the molecule is Cc1ccc2oc(C(=O)NCCN3C(=O)CCC3=O)cc2n1. The Hall–Kier alpha value is -2.70. The number of carbonyl (C=O) groups is 3. The minimum atomic E-state index is -0.394. The van der Waals surface area contributed by atoms with Crippen LogP contribution >= 0.6 is 0 Å². The van der Waals surface area contributed by atoms with Gasteiger partial charge in [0.1, 0.15) is 5.52 Å². The van der Waals surface area contributed by atoms with Gasteiger partial charge in [-0.15, -0.1) is 0 Å². The monoisotopic (exact) mass is 301 g/mol. The molecule has 22 heavy (non-hydrogen) atoms. The maximum atomic E-state index is 12.0. The fraction of sp³-hybridized carbons (Fsp3) is 0.333. The van der Waals surface area contributed by atoms with Crippen molar-refractivity contribution in [2.24, 2.45) is 0 Å². The maximum Gasteiger partial charge on any atom is 0.287 e. The molecule has 3 amide bonds. The van der Waals surface area contributed by atoms with Gasteiger partial charge in [0.25, 0.3) is 5.91 Å². The second kappa shape index (κ2) is 5.59. The summed E-state index contributed by atoms with van der Waals surface area (Å²) in [5, 5.41) is 2.64. The molecule has 0 saturated carbocycles. The van der Waals surface area contributed by atoms with Crippen LogP contribution in [-0.2, 0) is 9.59 Å². The van der Waals surface area contributed by atoms with E-state index in [1.165, 1.54) is 4.90 Å². The number of rotatable bonds is 4. The minimum Gasteiger partial charge on any atom is -0.449 e. The molecule has 1 saturated heterocycles. The number of amides is 3. The standard InChI is InChI=1S/C15H15N3O4/c1-9-2-3-11-10(17-9)8-12(22-11)15(21)16-6-7-18-13(19)4-5-14(18)20/h2-3,8H,4-7H2,1H3,(H,16,21). The highest BCUT2D eigenvalue weighted by Crippen LogP contribution is 2.17. The van der Waals surface area contributed by atoms with Crippen LogP contribution in [0.4, 0.5) is 0 Å². The summed E-state index contributed by atoms with van der Waals surface area (Å²) in [5.41, 5.74) is 2.00. The highest BCUT2D eigenvalue weighted by molar-refractivity contribution is 6.02. The van der Waals surface area contributed by atoms with Crippen molar-refractivity contribution in [3.05, 3.63) is 29.7 Å². The summed E-state index contributed by atoms with van der Waals surface area (Å²) in [5.74, 6) is -0.618. The predicted octanol–water partition coefficient (Wildman–Crippen LogP) is 1.02. The van der Waals surface area contributed by atoms with Crippen molar-refractivity contribution in [2.45, 2.75) is 19.8 Å². The molecule has 0 spiro atoms. The van der Waals surface area contributed by atoms with Crippen molar-refractivity contribution in [3.63, 3.8) is 0 Å². The van der Waals surface area contributed by atoms with Gasteiger partial charge < -0.3 is 9.73 Å². The summed E-state index contributed by atoms with van der Waals surface area (Å²) < 4.78 is 5.43. The van der Waals surface area contributed by atoms with Crippen molar-refractivity contribution >= 4 is 28.8 Å². The molecule has 114 valence electrons. The number of carbonyl (C=O) groups excluding carboxylic acids is 3. The molecule has 1 N–H and O–H groups in total. The number of furan rings is 1. The smallest absolute Gasteiger partial charge is 0.287 e. The van der Waals surface area contributed by atoms with Crippen LogP contribution in [0.25, 0.3) is 11.1 Å². The lowest BCUT2D eigenvalue weighted by Gasteiger charge is -2.13. The van der Waals surface area contributed by atoms with E-state index in [1.54, 1.807) is 18.2 Å². The van der Waals surface area contributed by atoms with Gasteiger partial charge in [0.2, 0.25) is 11.8 Å². The molecule has 1 fully saturated rings. The van der Waals surface area contributed by atoms with E-state index in [9.17, 15) is 14.4 Å². The zero-order valence-corrected chi connectivity index (χ0v) is 12.1. The molecular formula is C15H15N3O4. The summed E-state index contributed by atoms with van der Waals surface area (Å²) in [6.07, 6.45) is 0.503. The van der Waals surface area contributed by atoms with Crippen molar-refractivity contribution < 1.29 is 18.8 Å². The molecule has 0 radical (unpaired) electrons. The summed E-state index contributed by atoms with van der Waals surface area (Å²) in [6, 6.07) is 5.14. The van der Waals surface area contributed by atoms with E-state index < -0.39 is 5.91 Å². The average Bonchev–Trinajstić information content (AvgIpc) is 3.04. The van der Waals surface area contributed by atoms with E-state index in [0.717, 1.165) is 5.69 Å². The van der Waals surface area contributed by atoms with Gasteiger partial charge in [-0.05, 0) is 19.1 Å². The third-order valence-electron chi connectivity index (χ3n) is 3.51. The number of pyridine rings is 1. The van der Waals surface area contributed by atoms with E-state index >= 15 is 0 Å². The van der Waals surface area contributed by atoms with Crippen molar-refractivity contribution in [3.8, 4) is 0 Å². The molecule has 2 aromatic rings. The summed E-state index contributed by atoms with van der Waals surface area (Å²) in [4.78, 5) is 40.3. The number of hydrogen-bond donors (Lipinski definition) is 1. The van der Waals surface area contributed by atoms with Gasteiger partial charge in [0, 0.05) is 37.7 Å². The lowest BCUT2D eigenvalue weighted by atomic mass is 10.3. The van der Waals surface area contributed by atoms with Gasteiger partial charge >= 0.3 is 0 Å². The van der Waals surface area contributed by atoms with E-state index in [4.69, 9.17) is 4.42 Å². The number of aromatic nitrogens is 1. The number of nitrogens with zero attached hydrogens (tertiary/aromatic N) is 2. The molecule has 3 heterocycles. The van der Waals surface area contributed by atoms with E-state index in [1.807, 2.05) is 6.92 Å². The molecule has 7 nitrogen and oxygen atoms in total. The summed E-state index contributed by atoms with van der Waals surface area (Å²) in [6.45, 7) is 2.23. The summed E-state index contributed by atoms with van der Waals surface area (Å²) in [7, 11) is 0. The quantitative estimate of drug-likeness (QED) is 0.851.